The van der Waals surface area contributed by atoms with E-state index in [2.05, 4.69) is 17.4 Å². The third-order valence-electron chi connectivity index (χ3n) is 4.43. The standard InChI is InChI=1S/C18H23NO2/c1-21-16-11-10-13-7-4-5-8-14(13)17(16)18(20)15-9-3-2-6-12-19-15/h4-5,7-8,10-11,15,18-20H,2-3,6,9,12H2,1H3. The van der Waals surface area contributed by atoms with Crippen molar-refractivity contribution in [2.75, 3.05) is 13.7 Å². The molecule has 0 spiro atoms. The number of hydrogen-bond donors (Lipinski definition) is 2. The van der Waals surface area contributed by atoms with Crippen molar-refractivity contribution in [3.05, 3.63) is 42.0 Å². The van der Waals surface area contributed by atoms with E-state index in [1.54, 1.807) is 7.11 Å². The Labute approximate surface area is 125 Å². The lowest BCUT2D eigenvalue weighted by molar-refractivity contribution is 0.124. The highest BCUT2D eigenvalue weighted by Crippen LogP contribution is 2.35. The summed E-state index contributed by atoms with van der Waals surface area (Å²) in [4.78, 5) is 0. The van der Waals surface area contributed by atoms with Crippen LogP contribution >= 0.6 is 0 Å². The smallest absolute Gasteiger partial charge is 0.125 e. The van der Waals surface area contributed by atoms with Gasteiger partial charge in [0.2, 0.25) is 0 Å². The van der Waals surface area contributed by atoms with Crippen LogP contribution < -0.4 is 10.1 Å². The summed E-state index contributed by atoms with van der Waals surface area (Å²) in [6, 6.07) is 12.3. The fourth-order valence-electron chi connectivity index (χ4n) is 3.28. The second-order valence-electron chi connectivity index (χ2n) is 5.76. The summed E-state index contributed by atoms with van der Waals surface area (Å²) in [6.45, 7) is 0.981. The average molecular weight is 285 g/mol. The molecule has 0 aliphatic carbocycles. The van der Waals surface area contributed by atoms with Gasteiger partial charge in [0, 0.05) is 11.6 Å². The van der Waals surface area contributed by atoms with E-state index < -0.39 is 6.10 Å². The van der Waals surface area contributed by atoms with Gasteiger partial charge in [-0.1, -0.05) is 43.2 Å². The molecule has 0 saturated carbocycles. The first-order chi connectivity index (χ1) is 10.3. The highest BCUT2D eigenvalue weighted by Gasteiger charge is 2.26. The first-order valence-corrected chi connectivity index (χ1v) is 7.78. The quantitative estimate of drug-likeness (QED) is 0.908. The van der Waals surface area contributed by atoms with Gasteiger partial charge in [-0.15, -0.1) is 0 Å². The van der Waals surface area contributed by atoms with Crippen molar-refractivity contribution in [3.8, 4) is 5.75 Å². The van der Waals surface area contributed by atoms with Crippen molar-refractivity contribution in [1.29, 1.82) is 0 Å². The topological polar surface area (TPSA) is 41.5 Å². The number of rotatable bonds is 3. The van der Waals surface area contributed by atoms with Gasteiger partial charge >= 0.3 is 0 Å². The fraction of sp³-hybridized carbons (Fsp3) is 0.444. The van der Waals surface area contributed by atoms with Crippen molar-refractivity contribution in [2.24, 2.45) is 0 Å². The zero-order valence-electron chi connectivity index (χ0n) is 12.5. The summed E-state index contributed by atoms with van der Waals surface area (Å²) in [5.74, 6) is 0.771. The molecule has 3 heteroatoms. The van der Waals surface area contributed by atoms with E-state index in [4.69, 9.17) is 4.74 Å². The van der Waals surface area contributed by atoms with Crippen LogP contribution in [0.4, 0.5) is 0 Å². The Morgan fingerprint density at radius 1 is 1.14 bits per heavy atom. The van der Waals surface area contributed by atoms with Gasteiger partial charge in [0.25, 0.3) is 0 Å². The van der Waals surface area contributed by atoms with E-state index in [1.807, 2.05) is 24.3 Å². The Balaban J connectivity index is 2.04. The molecule has 21 heavy (non-hydrogen) atoms. The summed E-state index contributed by atoms with van der Waals surface area (Å²) in [7, 11) is 1.67. The minimum Gasteiger partial charge on any atom is -0.496 e. The molecule has 2 aromatic rings. The SMILES string of the molecule is COc1ccc2ccccc2c1C(O)C1CCCCCN1. The molecule has 1 fully saturated rings. The number of ether oxygens (including phenoxy) is 1. The summed E-state index contributed by atoms with van der Waals surface area (Å²) in [5.41, 5.74) is 0.912. The van der Waals surface area contributed by atoms with Crippen LogP contribution in [0.1, 0.15) is 37.4 Å². The zero-order chi connectivity index (χ0) is 14.7. The van der Waals surface area contributed by atoms with Gasteiger partial charge in [0.05, 0.1) is 13.2 Å². The van der Waals surface area contributed by atoms with Crippen molar-refractivity contribution >= 4 is 10.8 Å². The van der Waals surface area contributed by atoms with Crippen LogP contribution in [-0.4, -0.2) is 24.8 Å². The first kappa shape index (κ1) is 14.4. The van der Waals surface area contributed by atoms with E-state index in [9.17, 15) is 5.11 Å². The Bertz CT molecular complexity index is 603. The lowest BCUT2D eigenvalue weighted by atomic mass is 9.93. The first-order valence-electron chi connectivity index (χ1n) is 7.78. The molecule has 2 atom stereocenters. The zero-order valence-corrected chi connectivity index (χ0v) is 12.5. The fourth-order valence-corrected chi connectivity index (χ4v) is 3.28. The van der Waals surface area contributed by atoms with Crippen molar-refractivity contribution in [3.63, 3.8) is 0 Å². The van der Waals surface area contributed by atoms with Crippen LogP contribution in [0.25, 0.3) is 10.8 Å². The molecule has 2 N–H and O–H groups in total. The molecule has 3 rings (SSSR count). The minimum absolute atomic E-state index is 0.104. The minimum atomic E-state index is -0.538. The van der Waals surface area contributed by atoms with Crippen LogP contribution in [0.15, 0.2) is 36.4 Å². The van der Waals surface area contributed by atoms with Crippen LogP contribution in [0.3, 0.4) is 0 Å². The summed E-state index contributed by atoms with van der Waals surface area (Å²) in [5, 5.41) is 16.6. The number of aliphatic hydroxyl groups excluding tert-OH is 1. The van der Waals surface area contributed by atoms with Crippen LogP contribution in [-0.2, 0) is 0 Å². The Morgan fingerprint density at radius 2 is 2.00 bits per heavy atom. The molecule has 1 aliphatic rings. The molecule has 0 aromatic heterocycles. The maximum Gasteiger partial charge on any atom is 0.125 e. The van der Waals surface area contributed by atoms with E-state index in [0.29, 0.717) is 0 Å². The number of benzene rings is 2. The molecule has 1 aliphatic heterocycles. The molecule has 3 nitrogen and oxygen atoms in total. The molecule has 0 bridgehead atoms. The van der Waals surface area contributed by atoms with Gasteiger partial charge in [-0.25, -0.2) is 0 Å². The number of aliphatic hydroxyl groups is 1. The molecule has 2 unspecified atom stereocenters. The molecular weight excluding hydrogens is 262 g/mol. The molecule has 0 radical (unpaired) electrons. The van der Waals surface area contributed by atoms with Crippen molar-refractivity contribution in [2.45, 2.75) is 37.8 Å². The average Bonchev–Trinajstić information content (AvgIpc) is 2.82. The molecule has 1 saturated heterocycles. The highest BCUT2D eigenvalue weighted by atomic mass is 16.5. The number of methoxy groups -OCH3 is 1. The second-order valence-corrected chi connectivity index (χ2v) is 5.76. The molecule has 0 amide bonds. The molecule has 1 heterocycles. The van der Waals surface area contributed by atoms with Gasteiger partial charge in [-0.2, -0.15) is 0 Å². The van der Waals surface area contributed by atoms with Gasteiger partial charge < -0.3 is 15.2 Å². The lowest BCUT2D eigenvalue weighted by Gasteiger charge is -2.25. The Morgan fingerprint density at radius 3 is 2.86 bits per heavy atom. The third-order valence-corrected chi connectivity index (χ3v) is 4.43. The Kier molecular flexibility index (Phi) is 4.42. The Hall–Kier alpha value is -1.58. The monoisotopic (exact) mass is 285 g/mol. The maximum atomic E-state index is 10.9. The van der Waals surface area contributed by atoms with Crippen LogP contribution in [0, 0.1) is 0 Å². The van der Waals surface area contributed by atoms with E-state index in [1.165, 1.54) is 19.3 Å². The lowest BCUT2D eigenvalue weighted by Crippen LogP contribution is -2.34. The number of fused-ring (bicyclic) bond motifs is 1. The second kappa shape index (κ2) is 6.46. The van der Waals surface area contributed by atoms with Crippen LogP contribution in [0.2, 0.25) is 0 Å². The van der Waals surface area contributed by atoms with Gasteiger partial charge in [-0.3, -0.25) is 0 Å². The number of hydrogen-bond acceptors (Lipinski definition) is 3. The highest BCUT2D eigenvalue weighted by molar-refractivity contribution is 5.88. The van der Waals surface area contributed by atoms with Crippen LogP contribution in [0.5, 0.6) is 5.75 Å². The predicted molar refractivity (Wildman–Crippen MR) is 85.7 cm³/mol. The maximum absolute atomic E-state index is 10.9. The predicted octanol–water partition coefficient (Wildman–Crippen LogP) is 3.41. The van der Waals surface area contributed by atoms with E-state index in [-0.39, 0.29) is 6.04 Å². The summed E-state index contributed by atoms with van der Waals surface area (Å²) < 4.78 is 5.51. The van der Waals surface area contributed by atoms with Gasteiger partial charge in [0.15, 0.2) is 0 Å². The summed E-state index contributed by atoms with van der Waals surface area (Å²) in [6.07, 6.45) is 4.07. The summed E-state index contributed by atoms with van der Waals surface area (Å²) >= 11 is 0. The van der Waals surface area contributed by atoms with Gasteiger partial charge in [-0.05, 0) is 36.2 Å². The third kappa shape index (κ3) is 2.89. The largest absolute Gasteiger partial charge is 0.496 e. The molecule has 2 aromatic carbocycles. The van der Waals surface area contributed by atoms with E-state index >= 15 is 0 Å². The molecular formula is C18H23NO2. The normalized spacial score (nSPS) is 21.0. The van der Waals surface area contributed by atoms with E-state index in [0.717, 1.165) is 35.1 Å². The molecule has 112 valence electrons. The van der Waals surface area contributed by atoms with Gasteiger partial charge in [0.1, 0.15) is 5.75 Å². The van der Waals surface area contributed by atoms with Crippen molar-refractivity contribution in [1.82, 2.24) is 5.32 Å². The van der Waals surface area contributed by atoms with Crippen molar-refractivity contribution < 1.29 is 9.84 Å². The number of nitrogens with one attached hydrogen (secondary N) is 1.